The molecule has 0 bridgehead atoms. The Morgan fingerprint density at radius 1 is 1.31 bits per heavy atom. The van der Waals surface area contributed by atoms with E-state index in [1.165, 1.54) is 11.3 Å². The highest BCUT2D eigenvalue weighted by Gasteiger charge is 2.04. The topological polar surface area (TPSA) is 29.9 Å². The monoisotopic (exact) mass is 215 g/mol. The van der Waals surface area contributed by atoms with Crippen molar-refractivity contribution in [3.05, 3.63) is 54.1 Å². The Kier molecular flexibility index (Phi) is 3.37. The molecule has 84 valence electrons. The maximum atomic E-state index is 4.02. The summed E-state index contributed by atoms with van der Waals surface area (Å²) in [5.74, 6) is 0. The van der Waals surface area contributed by atoms with Crippen molar-refractivity contribution in [1.29, 1.82) is 0 Å². The van der Waals surface area contributed by atoms with Crippen molar-refractivity contribution < 1.29 is 0 Å². The number of pyridine rings is 1. The molecule has 0 fully saturated rings. The van der Waals surface area contributed by atoms with Crippen LogP contribution in [0.5, 0.6) is 0 Å². The Labute approximate surface area is 96.1 Å². The number of aromatic nitrogens is 2. The summed E-state index contributed by atoms with van der Waals surface area (Å²) in [5, 5.41) is 3.49. The summed E-state index contributed by atoms with van der Waals surface area (Å²) in [4.78, 5) is 4.02. The van der Waals surface area contributed by atoms with E-state index in [-0.39, 0.29) is 0 Å². The van der Waals surface area contributed by atoms with E-state index in [1.807, 2.05) is 24.5 Å². The van der Waals surface area contributed by atoms with Gasteiger partial charge in [-0.05, 0) is 36.8 Å². The molecule has 1 atom stereocenters. The van der Waals surface area contributed by atoms with Crippen LogP contribution < -0.4 is 5.32 Å². The van der Waals surface area contributed by atoms with Crippen LogP contribution in [0.1, 0.15) is 24.2 Å². The number of nitrogens with zero attached hydrogens (tertiary/aromatic N) is 2. The third-order valence-corrected chi connectivity index (χ3v) is 2.85. The van der Waals surface area contributed by atoms with Crippen molar-refractivity contribution in [2.24, 2.45) is 7.05 Å². The second-order valence-corrected chi connectivity index (χ2v) is 3.99. The molecule has 2 aromatic rings. The lowest BCUT2D eigenvalue weighted by Crippen LogP contribution is -2.19. The van der Waals surface area contributed by atoms with Crippen LogP contribution in [0, 0.1) is 0 Å². The zero-order valence-corrected chi connectivity index (χ0v) is 9.72. The van der Waals surface area contributed by atoms with Crippen LogP contribution in [0.3, 0.4) is 0 Å². The molecule has 2 heterocycles. The highest BCUT2D eigenvalue weighted by molar-refractivity contribution is 5.14. The zero-order valence-electron chi connectivity index (χ0n) is 9.72. The largest absolute Gasteiger partial charge is 0.353 e. The van der Waals surface area contributed by atoms with Crippen molar-refractivity contribution in [2.75, 3.05) is 0 Å². The Morgan fingerprint density at radius 3 is 2.69 bits per heavy atom. The summed E-state index contributed by atoms with van der Waals surface area (Å²) in [6.45, 7) is 3.05. The maximum absolute atomic E-state index is 4.02. The van der Waals surface area contributed by atoms with Crippen LogP contribution >= 0.6 is 0 Å². The lowest BCUT2D eigenvalue weighted by Gasteiger charge is -2.14. The molecule has 0 aromatic carbocycles. The van der Waals surface area contributed by atoms with Gasteiger partial charge in [-0.1, -0.05) is 0 Å². The van der Waals surface area contributed by atoms with Gasteiger partial charge in [-0.15, -0.1) is 0 Å². The summed E-state index contributed by atoms with van der Waals surface area (Å²) < 4.78 is 2.13. The minimum atomic E-state index is 0.345. The molecule has 3 heteroatoms. The number of hydrogen-bond donors (Lipinski definition) is 1. The Balaban J connectivity index is 1.94. The average Bonchev–Trinajstić information content (AvgIpc) is 2.73. The van der Waals surface area contributed by atoms with Crippen LogP contribution in [0.2, 0.25) is 0 Å². The van der Waals surface area contributed by atoms with Gasteiger partial charge in [-0.2, -0.15) is 0 Å². The first kappa shape index (κ1) is 10.9. The van der Waals surface area contributed by atoms with Crippen molar-refractivity contribution in [3.63, 3.8) is 0 Å². The van der Waals surface area contributed by atoms with Gasteiger partial charge in [0.2, 0.25) is 0 Å². The number of nitrogens with one attached hydrogen (secondary N) is 1. The minimum absolute atomic E-state index is 0.345. The van der Waals surface area contributed by atoms with Gasteiger partial charge < -0.3 is 9.88 Å². The van der Waals surface area contributed by atoms with Gasteiger partial charge in [0.05, 0.1) is 0 Å². The van der Waals surface area contributed by atoms with Gasteiger partial charge in [0.15, 0.2) is 0 Å². The van der Waals surface area contributed by atoms with E-state index in [1.54, 1.807) is 0 Å². The quantitative estimate of drug-likeness (QED) is 0.848. The first-order chi connectivity index (χ1) is 7.77. The van der Waals surface area contributed by atoms with Gasteiger partial charge in [-0.3, -0.25) is 4.98 Å². The fourth-order valence-corrected chi connectivity index (χ4v) is 1.71. The Hall–Kier alpha value is -1.61. The fraction of sp³-hybridized carbons (Fsp3) is 0.308. The van der Waals surface area contributed by atoms with E-state index in [4.69, 9.17) is 0 Å². The third kappa shape index (κ3) is 2.49. The second kappa shape index (κ2) is 4.94. The molecule has 1 N–H and O–H groups in total. The SMILES string of the molecule is C[C@@H](NCc1cccn1C)c1ccncc1. The van der Waals surface area contributed by atoms with E-state index in [9.17, 15) is 0 Å². The van der Waals surface area contributed by atoms with Gasteiger partial charge in [-0.25, -0.2) is 0 Å². The van der Waals surface area contributed by atoms with Crippen molar-refractivity contribution in [1.82, 2.24) is 14.9 Å². The second-order valence-electron chi connectivity index (χ2n) is 3.99. The predicted molar refractivity (Wildman–Crippen MR) is 64.9 cm³/mol. The number of aryl methyl sites for hydroxylation is 1. The van der Waals surface area contributed by atoms with Crippen molar-refractivity contribution in [2.45, 2.75) is 19.5 Å². The lowest BCUT2D eigenvalue weighted by molar-refractivity contribution is 0.557. The lowest BCUT2D eigenvalue weighted by atomic mass is 10.1. The first-order valence-corrected chi connectivity index (χ1v) is 5.51. The molecule has 2 rings (SSSR count). The zero-order chi connectivity index (χ0) is 11.4. The minimum Gasteiger partial charge on any atom is -0.353 e. The molecule has 0 amide bonds. The molecule has 0 spiro atoms. The highest BCUT2D eigenvalue weighted by Crippen LogP contribution is 2.11. The maximum Gasteiger partial charge on any atom is 0.0364 e. The van der Waals surface area contributed by atoms with Crippen LogP contribution in [-0.2, 0) is 13.6 Å². The molecule has 0 radical (unpaired) electrons. The molecule has 0 unspecified atom stereocenters. The van der Waals surface area contributed by atoms with E-state index in [2.05, 4.69) is 47.2 Å². The van der Waals surface area contributed by atoms with Crippen LogP contribution in [0.25, 0.3) is 0 Å². The summed E-state index contributed by atoms with van der Waals surface area (Å²) >= 11 is 0. The molecule has 0 aliphatic heterocycles. The predicted octanol–water partition coefficient (Wildman–Crippen LogP) is 2.27. The van der Waals surface area contributed by atoms with Crippen LogP contribution in [0.15, 0.2) is 42.9 Å². The number of hydrogen-bond acceptors (Lipinski definition) is 2. The molecule has 0 aliphatic carbocycles. The molecular weight excluding hydrogens is 198 g/mol. The van der Waals surface area contributed by atoms with E-state index in [0.29, 0.717) is 6.04 Å². The Bertz CT molecular complexity index is 433. The summed E-state index contributed by atoms with van der Waals surface area (Å²) in [6, 6.07) is 8.63. The summed E-state index contributed by atoms with van der Waals surface area (Å²) in [6.07, 6.45) is 5.72. The van der Waals surface area contributed by atoms with Gasteiger partial charge in [0.25, 0.3) is 0 Å². The van der Waals surface area contributed by atoms with Gasteiger partial charge in [0, 0.05) is 43.9 Å². The molecule has 3 nitrogen and oxygen atoms in total. The smallest absolute Gasteiger partial charge is 0.0364 e. The molecule has 2 aromatic heterocycles. The van der Waals surface area contributed by atoms with Crippen LogP contribution in [0.4, 0.5) is 0 Å². The van der Waals surface area contributed by atoms with E-state index in [0.717, 1.165) is 6.54 Å². The Morgan fingerprint density at radius 2 is 2.06 bits per heavy atom. The number of rotatable bonds is 4. The standard InChI is InChI=1S/C13H17N3/c1-11(12-5-7-14-8-6-12)15-10-13-4-3-9-16(13)2/h3-9,11,15H,10H2,1-2H3/t11-/m1/s1. The molecule has 0 saturated carbocycles. The van der Waals surface area contributed by atoms with Crippen molar-refractivity contribution >= 4 is 0 Å². The van der Waals surface area contributed by atoms with E-state index >= 15 is 0 Å². The van der Waals surface area contributed by atoms with E-state index < -0.39 is 0 Å². The highest BCUT2D eigenvalue weighted by atomic mass is 15.0. The van der Waals surface area contributed by atoms with Gasteiger partial charge >= 0.3 is 0 Å². The summed E-state index contributed by atoms with van der Waals surface area (Å²) in [5.41, 5.74) is 2.56. The summed E-state index contributed by atoms with van der Waals surface area (Å²) in [7, 11) is 2.06. The molecular formula is C13H17N3. The molecule has 16 heavy (non-hydrogen) atoms. The normalized spacial score (nSPS) is 12.6. The molecule has 0 saturated heterocycles. The fourth-order valence-electron chi connectivity index (χ4n) is 1.71. The average molecular weight is 215 g/mol. The first-order valence-electron chi connectivity index (χ1n) is 5.51. The van der Waals surface area contributed by atoms with Crippen molar-refractivity contribution in [3.8, 4) is 0 Å². The van der Waals surface area contributed by atoms with Crippen LogP contribution in [-0.4, -0.2) is 9.55 Å². The third-order valence-electron chi connectivity index (χ3n) is 2.85. The molecule has 0 aliphatic rings. The van der Waals surface area contributed by atoms with Gasteiger partial charge in [0.1, 0.15) is 0 Å².